The van der Waals surface area contributed by atoms with Gasteiger partial charge in [-0.1, -0.05) is 29.8 Å². The third-order valence-electron chi connectivity index (χ3n) is 5.72. The third kappa shape index (κ3) is 2.83. The Labute approximate surface area is 165 Å². The highest BCUT2D eigenvalue weighted by Gasteiger charge is 2.40. The lowest BCUT2D eigenvalue weighted by Gasteiger charge is -2.39. The number of allylic oxidation sites excluding steroid dienone is 2. The molecule has 0 saturated heterocycles. The summed E-state index contributed by atoms with van der Waals surface area (Å²) >= 11 is 6.58. The largest absolute Gasteiger partial charge is 0.493 e. The number of hydrogen-bond donors (Lipinski definition) is 1. The quantitative estimate of drug-likeness (QED) is 0.705. The average Bonchev–Trinajstić information content (AvgIpc) is 3.18. The molecule has 0 amide bonds. The highest BCUT2D eigenvalue weighted by molar-refractivity contribution is 6.32. The van der Waals surface area contributed by atoms with Crippen molar-refractivity contribution in [3.05, 3.63) is 58.1 Å². The van der Waals surface area contributed by atoms with Crippen LogP contribution >= 0.6 is 11.6 Å². The first-order chi connectivity index (χ1) is 13.1. The predicted molar refractivity (Wildman–Crippen MR) is 109 cm³/mol. The van der Waals surface area contributed by atoms with Crippen molar-refractivity contribution in [1.82, 2.24) is 0 Å². The number of benzene rings is 2. The second-order valence-corrected chi connectivity index (χ2v) is 7.49. The van der Waals surface area contributed by atoms with Gasteiger partial charge in [-0.3, -0.25) is 0 Å². The predicted octanol–water partition coefficient (Wildman–Crippen LogP) is 5.50. The molecule has 0 fully saturated rings. The second kappa shape index (κ2) is 7.01. The van der Waals surface area contributed by atoms with E-state index in [1.54, 1.807) is 21.3 Å². The Morgan fingerprint density at radius 2 is 1.74 bits per heavy atom. The molecule has 1 heterocycles. The summed E-state index contributed by atoms with van der Waals surface area (Å²) < 4.78 is 16.6. The number of ether oxygens (including phenoxy) is 3. The normalized spacial score (nSPS) is 22.6. The van der Waals surface area contributed by atoms with Gasteiger partial charge in [-0.15, -0.1) is 0 Å². The molecule has 1 N–H and O–H groups in total. The maximum absolute atomic E-state index is 6.58. The van der Waals surface area contributed by atoms with E-state index in [0.29, 0.717) is 29.1 Å². The molecule has 0 radical (unpaired) electrons. The summed E-state index contributed by atoms with van der Waals surface area (Å²) in [6.45, 7) is 2.12. The SMILES string of the molecule is COc1cc(C2Nc3c(C)ccc(Cl)c3C3C=CCC32)cc(OC)c1OC. The fraction of sp³-hybridized carbons (Fsp3) is 0.364. The minimum atomic E-state index is 0.128. The monoisotopic (exact) mass is 385 g/mol. The lowest BCUT2D eigenvalue weighted by molar-refractivity contribution is 0.322. The van der Waals surface area contributed by atoms with E-state index in [1.807, 2.05) is 18.2 Å². The number of anilines is 1. The lowest BCUT2D eigenvalue weighted by atomic mass is 9.76. The topological polar surface area (TPSA) is 39.7 Å². The number of aryl methyl sites for hydroxylation is 1. The first kappa shape index (κ1) is 18.1. The van der Waals surface area contributed by atoms with Gasteiger partial charge in [0.25, 0.3) is 0 Å². The van der Waals surface area contributed by atoms with E-state index >= 15 is 0 Å². The first-order valence-electron chi connectivity index (χ1n) is 9.11. The third-order valence-corrected chi connectivity index (χ3v) is 6.05. The Kier molecular flexibility index (Phi) is 4.68. The fourth-order valence-corrected chi connectivity index (χ4v) is 4.70. The van der Waals surface area contributed by atoms with E-state index in [2.05, 4.69) is 30.5 Å². The van der Waals surface area contributed by atoms with Crippen molar-refractivity contribution in [2.75, 3.05) is 26.6 Å². The molecule has 3 atom stereocenters. The van der Waals surface area contributed by atoms with Crippen molar-refractivity contribution >= 4 is 17.3 Å². The van der Waals surface area contributed by atoms with Crippen LogP contribution in [0.3, 0.4) is 0 Å². The number of methoxy groups -OCH3 is 3. The zero-order valence-corrected chi connectivity index (χ0v) is 16.8. The molecule has 2 aromatic carbocycles. The molecule has 4 rings (SSSR count). The summed E-state index contributed by atoms with van der Waals surface area (Å²) in [5.74, 6) is 2.65. The molecule has 5 heteroatoms. The van der Waals surface area contributed by atoms with Crippen LogP contribution in [0.1, 0.15) is 35.1 Å². The molecule has 0 spiro atoms. The number of nitrogens with one attached hydrogen (secondary N) is 1. The highest BCUT2D eigenvalue weighted by Crippen LogP contribution is 2.54. The first-order valence-corrected chi connectivity index (χ1v) is 9.49. The molecule has 1 aliphatic carbocycles. The van der Waals surface area contributed by atoms with Gasteiger partial charge >= 0.3 is 0 Å². The number of fused-ring (bicyclic) bond motifs is 3. The van der Waals surface area contributed by atoms with Gasteiger partial charge in [-0.05, 0) is 48.6 Å². The summed E-state index contributed by atoms with van der Waals surface area (Å²) in [6.07, 6.45) is 5.55. The summed E-state index contributed by atoms with van der Waals surface area (Å²) in [5, 5.41) is 4.58. The average molecular weight is 386 g/mol. The second-order valence-electron chi connectivity index (χ2n) is 7.09. The molecule has 3 unspecified atom stereocenters. The van der Waals surface area contributed by atoms with Crippen LogP contribution in [0.5, 0.6) is 17.2 Å². The Hall–Kier alpha value is -2.33. The van der Waals surface area contributed by atoms with Crippen molar-refractivity contribution in [2.45, 2.75) is 25.3 Å². The molecule has 0 aromatic heterocycles. The van der Waals surface area contributed by atoms with Crippen LogP contribution in [0.25, 0.3) is 0 Å². The summed E-state index contributed by atoms with van der Waals surface area (Å²) in [5.41, 5.74) is 4.66. The van der Waals surface area contributed by atoms with E-state index in [0.717, 1.165) is 22.7 Å². The van der Waals surface area contributed by atoms with Crippen molar-refractivity contribution in [2.24, 2.45) is 5.92 Å². The number of hydrogen-bond acceptors (Lipinski definition) is 4. The van der Waals surface area contributed by atoms with Crippen LogP contribution in [-0.2, 0) is 0 Å². The lowest BCUT2D eigenvalue weighted by Crippen LogP contribution is -2.30. The Morgan fingerprint density at radius 1 is 1.04 bits per heavy atom. The standard InChI is InChI=1S/C22H24ClNO3/c1-12-8-9-16(23)19-14-6-5-7-15(14)21(24-20(12)19)13-10-17(25-2)22(27-4)18(11-13)26-3/h5-6,8-11,14-15,21,24H,7H2,1-4H3. The van der Waals surface area contributed by atoms with Crippen LogP contribution in [0.2, 0.25) is 5.02 Å². The van der Waals surface area contributed by atoms with Crippen LogP contribution < -0.4 is 19.5 Å². The number of halogens is 1. The molecule has 1 aliphatic heterocycles. The van der Waals surface area contributed by atoms with Crippen LogP contribution in [-0.4, -0.2) is 21.3 Å². The maximum atomic E-state index is 6.58. The van der Waals surface area contributed by atoms with Gasteiger partial charge in [0.15, 0.2) is 11.5 Å². The van der Waals surface area contributed by atoms with Gasteiger partial charge in [-0.2, -0.15) is 0 Å². The molecule has 0 bridgehead atoms. The smallest absolute Gasteiger partial charge is 0.203 e. The summed E-state index contributed by atoms with van der Waals surface area (Å²) in [4.78, 5) is 0. The van der Waals surface area contributed by atoms with E-state index < -0.39 is 0 Å². The molecule has 2 aliphatic rings. The summed E-state index contributed by atoms with van der Waals surface area (Å²) in [6, 6.07) is 8.28. The van der Waals surface area contributed by atoms with Crippen LogP contribution in [0, 0.1) is 12.8 Å². The van der Waals surface area contributed by atoms with E-state index in [9.17, 15) is 0 Å². The molecule has 27 heavy (non-hydrogen) atoms. The Balaban J connectivity index is 1.85. The molecule has 2 aromatic rings. The molecular weight excluding hydrogens is 362 g/mol. The fourth-order valence-electron chi connectivity index (χ4n) is 4.42. The molecule has 142 valence electrons. The highest BCUT2D eigenvalue weighted by atomic mass is 35.5. The van der Waals surface area contributed by atoms with Gasteiger partial charge in [0, 0.05) is 22.2 Å². The van der Waals surface area contributed by atoms with Gasteiger partial charge in [0.1, 0.15) is 0 Å². The van der Waals surface area contributed by atoms with E-state index in [4.69, 9.17) is 25.8 Å². The van der Waals surface area contributed by atoms with Gasteiger partial charge < -0.3 is 19.5 Å². The molecular formula is C22H24ClNO3. The maximum Gasteiger partial charge on any atom is 0.203 e. The number of rotatable bonds is 4. The molecule has 4 nitrogen and oxygen atoms in total. The van der Waals surface area contributed by atoms with Crippen molar-refractivity contribution in [3.8, 4) is 17.2 Å². The van der Waals surface area contributed by atoms with Crippen LogP contribution in [0.15, 0.2) is 36.4 Å². The van der Waals surface area contributed by atoms with Crippen LogP contribution in [0.4, 0.5) is 5.69 Å². The zero-order chi connectivity index (χ0) is 19.1. The van der Waals surface area contributed by atoms with Gasteiger partial charge in [0.05, 0.1) is 27.4 Å². The zero-order valence-electron chi connectivity index (χ0n) is 16.0. The van der Waals surface area contributed by atoms with Crippen molar-refractivity contribution < 1.29 is 14.2 Å². The minimum absolute atomic E-state index is 0.128. The Bertz CT molecular complexity index is 884. The van der Waals surface area contributed by atoms with Gasteiger partial charge in [0.2, 0.25) is 5.75 Å². The molecule has 0 saturated carbocycles. The van der Waals surface area contributed by atoms with Gasteiger partial charge in [-0.25, -0.2) is 0 Å². The van der Waals surface area contributed by atoms with Crippen molar-refractivity contribution in [3.63, 3.8) is 0 Å². The summed E-state index contributed by atoms with van der Waals surface area (Å²) in [7, 11) is 4.92. The Morgan fingerprint density at radius 3 is 2.37 bits per heavy atom. The minimum Gasteiger partial charge on any atom is -0.493 e. The van der Waals surface area contributed by atoms with Crippen molar-refractivity contribution in [1.29, 1.82) is 0 Å². The van der Waals surface area contributed by atoms with E-state index in [1.165, 1.54) is 11.1 Å². The van der Waals surface area contributed by atoms with E-state index in [-0.39, 0.29) is 6.04 Å².